The van der Waals surface area contributed by atoms with E-state index >= 15 is 0 Å². The lowest BCUT2D eigenvalue weighted by Gasteiger charge is -2.31. The highest BCUT2D eigenvalue weighted by Gasteiger charge is 2.33. The summed E-state index contributed by atoms with van der Waals surface area (Å²) in [6.07, 6.45) is 0.648. The van der Waals surface area contributed by atoms with Crippen LogP contribution in [-0.4, -0.2) is 35.5 Å². The Kier molecular flexibility index (Phi) is 5.93. The number of nitrogens with zero attached hydrogens (tertiary/aromatic N) is 3. The fraction of sp³-hybridized carbons (Fsp3) is 0.421. The minimum atomic E-state index is -4.39. The van der Waals surface area contributed by atoms with Crippen LogP contribution in [0.15, 0.2) is 42.7 Å². The van der Waals surface area contributed by atoms with Gasteiger partial charge in [-0.3, -0.25) is 4.79 Å². The van der Waals surface area contributed by atoms with E-state index in [1.54, 1.807) is 24.5 Å². The number of carbonyl (C=O) groups excluding carboxylic acids is 1. The molecule has 1 aromatic carbocycles. The van der Waals surface area contributed by atoms with Gasteiger partial charge in [-0.05, 0) is 37.0 Å². The summed E-state index contributed by atoms with van der Waals surface area (Å²) < 4.78 is 39.1. The average Bonchev–Trinajstić information content (AvgIpc) is 2.68. The zero-order valence-corrected chi connectivity index (χ0v) is 14.7. The summed E-state index contributed by atoms with van der Waals surface area (Å²) in [4.78, 5) is 22.8. The standard InChI is InChI=1S/C19H21F3N4O/c20-19(21,22)16-7-2-1-5-14(16)8-11-23-17(27)15-6-3-12-26(13-15)18-24-9-4-10-25-18/h1-2,4-5,7,9-10,15H,3,6,8,11-13H2,(H,23,27)/t15-/m1/s1. The highest BCUT2D eigenvalue weighted by atomic mass is 19.4. The van der Waals surface area contributed by atoms with Crippen molar-refractivity contribution in [1.29, 1.82) is 0 Å². The van der Waals surface area contributed by atoms with E-state index in [2.05, 4.69) is 15.3 Å². The van der Waals surface area contributed by atoms with Gasteiger partial charge in [-0.2, -0.15) is 13.2 Å². The monoisotopic (exact) mass is 378 g/mol. The van der Waals surface area contributed by atoms with Crippen LogP contribution in [0, 0.1) is 5.92 Å². The highest BCUT2D eigenvalue weighted by Crippen LogP contribution is 2.31. The van der Waals surface area contributed by atoms with Gasteiger partial charge in [-0.25, -0.2) is 9.97 Å². The fourth-order valence-electron chi connectivity index (χ4n) is 3.31. The molecule has 2 heterocycles. The molecule has 1 N–H and O–H groups in total. The summed E-state index contributed by atoms with van der Waals surface area (Å²) in [6.45, 7) is 1.46. The van der Waals surface area contributed by atoms with E-state index in [0.29, 0.717) is 12.5 Å². The lowest BCUT2D eigenvalue weighted by Crippen LogP contribution is -2.44. The number of alkyl halides is 3. The number of hydrogen-bond donors (Lipinski definition) is 1. The summed E-state index contributed by atoms with van der Waals surface area (Å²) in [6, 6.07) is 7.19. The smallest absolute Gasteiger partial charge is 0.355 e. The van der Waals surface area contributed by atoms with E-state index in [4.69, 9.17) is 0 Å². The number of amides is 1. The SMILES string of the molecule is O=C(NCCc1ccccc1C(F)(F)F)[C@@H]1CCCN(c2ncccn2)C1. The molecular weight excluding hydrogens is 357 g/mol. The molecular formula is C19H21F3N4O. The Morgan fingerprint density at radius 1 is 1.19 bits per heavy atom. The summed E-state index contributed by atoms with van der Waals surface area (Å²) in [5.74, 6) is 0.231. The molecule has 1 fully saturated rings. The van der Waals surface area contributed by atoms with E-state index in [1.807, 2.05) is 4.90 Å². The Morgan fingerprint density at radius 3 is 2.67 bits per heavy atom. The number of anilines is 1. The number of carbonyl (C=O) groups is 1. The molecule has 1 aliphatic rings. The van der Waals surface area contributed by atoms with Gasteiger partial charge in [0.2, 0.25) is 11.9 Å². The first-order valence-corrected chi connectivity index (χ1v) is 8.90. The molecule has 1 amide bonds. The van der Waals surface area contributed by atoms with Crippen LogP contribution in [0.4, 0.5) is 19.1 Å². The highest BCUT2D eigenvalue weighted by molar-refractivity contribution is 5.79. The third kappa shape index (κ3) is 4.96. The van der Waals surface area contributed by atoms with Crippen molar-refractivity contribution in [2.24, 2.45) is 5.92 Å². The molecule has 8 heteroatoms. The molecule has 0 bridgehead atoms. The predicted molar refractivity (Wildman–Crippen MR) is 95.1 cm³/mol. The lowest BCUT2D eigenvalue weighted by atomic mass is 9.97. The molecule has 27 heavy (non-hydrogen) atoms. The van der Waals surface area contributed by atoms with Gasteiger partial charge in [-0.1, -0.05) is 18.2 Å². The van der Waals surface area contributed by atoms with Crippen LogP contribution in [0.3, 0.4) is 0 Å². The first-order valence-electron chi connectivity index (χ1n) is 8.90. The van der Waals surface area contributed by atoms with E-state index in [0.717, 1.165) is 25.5 Å². The third-order valence-electron chi connectivity index (χ3n) is 4.64. The maximum absolute atomic E-state index is 13.0. The van der Waals surface area contributed by atoms with Crippen LogP contribution in [0.1, 0.15) is 24.0 Å². The number of benzene rings is 1. The molecule has 0 aliphatic carbocycles. The van der Waals surface area contributed by atoms with Gasteiger partial charge in [-0.15, -0.1) is 0 Å². The molecule has 0 radical (unpaired) electrons. The summed E-state index contributed by atoms with van der Waals surface area (Å²) in [7, 11) is 0. The van der Waals surface area contributed by atoms with Crippen molar-refractivity contribution in [3.63, 3.8) is 0 Å². The van der Waals surface area contributed by atoms with Crippen molar-refractivity contribution in [1.82, 2.24) is 15.3 Å². The number of hydrogen-bond acceptors (Lipinski definition) is 4. The van der Waals surface area contributed by atoms with Crippen LogP contribution in [-0.2, 0) is 17.4 Å². The maximum atomic E-state index is 13.0. The Bertz CT molecular complexity index is 767. The maximum Gasteiger partial charge on any atom is 0.416 e. The number of piperidine rings is 1. The third-order valence-corrected chi connectivity index (χ3v) is 4.64. The minimum absolute atomic E-state index is 0.139. The Balaban J connectivity index is 1.54. The molecule has 1 aliphatic heterocycles. The zero-order valence-electron chi connectivity index (χ0n) is 14.7. The van der Waals surface area contributed by atoms with Crippen LogP contribution >= 0.6 is 0 Å². The molecule has 1 aromatic heterocycles. The average molecular weight is 378 g/mol. The molecule has 3 rings (SSSR count). The van der Waals surface area contributed by atoms with E-state index < -0.39 is 11.7 Å². The number of aromatic nitrogens is 2. The van der Waals surface area contributed by atoms with Gasteiger partial charge in [0.25, 0.3) is 0 Å². The Morgan fingerprint density at radius 2 is 1.93 bits per heavy atom. The van der Waals surface area contributed by atoms with Crippen molar-refractivity contribution < 1.29 is 18.0 Å². The van der Waals surface area contributed by atoms with Crippen molar-refractivity contribution in [3.05, 3.63) is 53.9 Å². The van der Waals surface area contributed by atoms with Gasteiger partial charge in [0.1, 0.15) is 0 Å². The molecule has 0 spiro atoms. The van der Waals surface area contributed by atoms with Crippen LogP contribution < -0.4 is 10.2 Å². The van der Waals surface area contributed by atoms with Crippen molar-refractivity contribution >= 4 is 11.9 Å². The van der Waals surface area contributed by atoms with Crippen molar-refractivity contribution in [2.75, 3.05) is 24.5 Å². The quantitative estimate of drug-likeness (QED) is 0.869. The first kappa shape index (κ1) is 19.1. The second-order valence-corrected chi connectivity index (χ2v) is 6.53. The van der Waals surface area contributed by atoms with Crippen LogP contribution in [0.2, 0.25) is 0 Å². The summed E-state index contributed by atoms with van der Waals surface area (Å²) >= 11 is 0. The van der Waals surface area contributed by atoms with Gasteiger partial charge >= 0.3 is 6.18 Å². The molecule has 0 saturated carbocycles. The zero-order chi connectivity index (χ0) is 19.3. The van der Waals surface area contributed by atoms with E-state index in [9.17, 15) is 18.0 Å². The molecule has 144 valence electrons. The van der Waals surface area contributed by atoms with Gasteiger partial charge in [0, 0.05) is 32.0 Å². The molecule has 0 unspecified atom stereocenters. The number of rotatable bonds is 5. The van der Waals surface area contributed by atoms with Gasteiger partial charge < -0.3 is 10.2 Å². The summed E-state index contributed by atoms with van der Waals surface area (Å²) in [5.41, 5.74) is -0.461. The number of halogens is 3. The van der Waals surface area contributed by atoms with Gasteiger partial charge in [0.05, 0.1) is 11.5 Å². The topological polar surface area (TPSA) is 58.1 Å². The largest absolute Gasteiger partial charge is 0.416 e. The number of nitrogens with one attached hydrogen (secondary N) is 1. The minimum Gasteiger partial charge on any atom is -0.355 e. The lowest BCUT2D eigenvalue weighted by molar-refractivity contribution is -0.138. The second-order valence-electron chi connectivity index (χ2n) is 6.53. The molecule has 1 atom stereocenters. The Hall–Kier alpha value is -2.64. The first-order chi connectivity index (χ1) is 12.9. The molecule has 5 nitrogen and oxygen atoms in total. The predicted octanol–water partition coefficient (Wildman–Crippen LogP) is 3.07. The van der Waals surface area contributed by atoms with Crippen molar-refractivity contribution in [3.8, 4) is 0 Å². The van der Waals surface area contributed by atoms with E-state index in [-0.39, 0.29) is 30.4 Å². The van der Waals surface area contributed by atoms with Crippen molar-refractivity contribution in [2.45, 2.75) is 25.4 Å². The normalized spacial score (nSPS) is 17.6. The molecule has 2 aromatic rings. The second kappa shape index (κ2) is 8.37. The van der Waals surface area contributed by atoms with E-state index in [1.165, 1.54) is 12.1 Å². The summed E-state index contributed by atoms with van der Waals surface area (Å²) in [5, 5.41) is 2.78. The fourth-order valence-corrected chi connectivity index (χ4v) is 3.31. The Labute approximate surface area is 155 Å². The van der Waals surface area contributed by atoms with Crippen LogP contribution in [0.25, 0.3) is 0 Å². The van der Waals surface area contributed by atoms with Gasteiger partial charge in [0.15, 0.2) is 0 Å². The molecule has 1 saturated heterocycles. The van der Waals surface area contributed by atoms with Crippen LogP contribution in [0.5, 0.6) is 0 Å².